The summed E-state index contributed by atoms with van der Waals surface area (Å²) in [6, 6.07) is 0. The van der Waals surface area contributed by atoms with Gasteiger partial charge in [-0.05, 0) is 0 Å². The Hall–Kier alpha value is -1.22. The van der Waals surface area contributed by atoms with Crippen molar-refractivity contribution in [3.05, 3.63) is 0 Å². The van der Waals surface area contributed by atoms with Crippen molar-refractivity contribution in [3.63, 3.8) is 0 Å². The summed E-state index contributed by atoms with van der Waals surface area (Å²) in [5.41, 5.74) is 0. The smallest absolute Gasteiger partial charge is 0.306 e. The number of aliphatic hydroxyl groups excluding tert-OH is 4. The number of carboxylic acid groups (broad SMARTS) is 2. The molecule has 8 heteroatoms. The van der Waals surface area contributed by atoms with Crippen LogP contribution >= 0.6 is 0 Å². The predicted molar refractivity (Wildman–Crippen MR) is 48.5 cm³/mol. The lowest BCUT2D eigenvalue weighted by Gasteiger charge is -2.24. The lowest BCUT2D eigenvalue weighted by molar-refractivity contribution is -0.152. The molecule has 0 aromatic carbocycles. The number of rotatable bonds is 7. The molecule has 0 saturated carbocycles. The molecule has 0 aromatic rings. The summed E-state index contributed by atoms with van der Waals surface area (Å²) in [5.74, 6) is -2.79. The molecule has 0 amide bonds. The Labute approximate surface area is 90.4 Å². The number of carbonyl (C=O) groups is 2. The first-order valence-electron chi connectivity index (χ1n) is 4.41. The lowest BCUT2D eigenvalue weighted by atomic mass is 9.99. The molecule has 0 aliphatic heterocycles. The van der Waals surface area contributed by atoms with Crippen LogP contribution in [0.5, 0.6) is 0 Å². The monoisotopic (exact) mass is 238 g/mol. The molecule has 0 radical (unpaired) electrons. The number of hydrogen-bond donors (Lipinski definition) is 6. The fourth-order valence-corrected chi connectivity index (χ4v) is 1.05. The second-order valence-corrected chi connectivity index (χ2v) is 3.31. The van der Waals surface area contributed by atoms with Crippen molar-refractivity contribution < 1.29 is 40.2 Å². The Kier molecular flexibility index (Phi) is 5.89. The van der Waals surface area contributed by atoms with Gasteiger partial charge in [0, 0.05) is 0 Å². The van der Waals surface area contributed by atoms with Crippen molar-refractivity contribution >= 4 is 11.9 Å². The van der Waals surface area contributed by atoms with Crippen LogP contribution in [0, 0.1) is 0 Å². The zero-order chi connectivity index (χ0) is 12.9. The average molecular weight is 238 g/mol. The van der Waals surface area contributed by atoms with E-state index in [1.807, 2.05) is 0 Å². The maximum atomic E-state index is 10.2. The molecular weight excluding hydrogens is 224 g/mol. The topological polar surface area (TPSA) is 156 Å². The Morgan fingerprint density at radius 2 is 1.00 bits per heavy atom. The Morgan fingerprint density at radius 1 is 0.750 bits per heavy atom. The van der Waals surface area contributed by atoms with E-state index in [9.17, 15) is 19.8 Å². The van der Waals surface area contributed by atoms with Gasteiger partial charge in [0.2, 0.25) is 0 Å². The van der Waals surface area contributed by atoms with Gasteiger partial charge in [-0.15, -0.1) is 0 Å². The number of aliphatic carboxylic acids is 2. The summed E-state index contributed by atoms with van der Waals surface area (Å²) >= 11 is 0. The molecule has 0 bridgehead atoms. The Bertz CT molecular complexity index is 226. The van der Waals surface area contributed by atoms with Crippen LogP contribution in [0.4, 0.5) is 0 Å². The first-order valence-corrected chi connectivity index (χ1v) is 4.41. The summed E-state index contributed by atoms with van der Waals surface area (Å²) < 4.78 is 0. The largest absolute Gasteiger partial charge is 0.481 e. The zero-order valence-corrected chi connectivity index (χ0v) is 8.22. The first-order chi connectivity index (χ1) is 7.25. The summed E-state index contributed by atoms with van der Waals surface area (Å²) in [6.07, 6.45) is -9.06. The average Bonchev–Trinajstić information content (AvgIpc) is 2.13. The van der Waals surface area contributed by atoms with Crippen LogP contribution in [0.1, 0.15) is 12.8 Å². The van der Waals surface area contributed by atoms with E-state index in [1.54, 1.807) is 0 Å². The van der Waals surface area contributed by atoms with E-state index < -0.39 is 49.2 Å². The predicted octanol–water partition coefficient (Wildman–Crippen LogP) is -2.62. The van der Waals surface area contributed by atoms with Gasteiger partial charge in [-0.2, -0.15) is 0 Å². The number of aliphatic hydroxyl groups is 4. The Morgan fingerprint density at radius 3 is 1.19 bits per heavy atom. The molecule has 4 unspecified atom stereocenters. The normalized spacial score (nSPS) is 18.5. The van der Waals surface area contributed by atoms with Crippen LogP contribution in [-0.4, -0.2) is 67.0 Å². The highest BCUT2D eigenvalue weighted by Crippen LogP contribution is 2.10. The Balaban J connectivity index is 4.29. The van der Waals surface area contributed by atoms with E-state index in [2.05, 4.69) is 0 Å². The SMILES string of the molecule is O=C(O)CC(O)C(O)C(O)C(O)CC(=O)O. The second-order valence-electron chi connectivity index (χ2n) is 3.31. The third kappa shape index (κ3) is 5.03. The van der Waals surface area contributed by atoms with Crippen LogP contribution in [0.25, 0.3) is 0 Å². The molecule has 0 aromatic heterocycles. The standard InChI is InChI=1S/C8H14O8/c9-3(1-5(11)12)7(15)8(16)4(10)2-6(13)14/h3-4,7-10,15-16H,1-2H2,(H,11,12)(H,13,14). The number of hydrogen-bond acceptors (Lipinski definition) is 6. The molecule has 8 nitrogen and oxygen atoms in total. The van der Waals surface area contributed by atoms with Crippen LogP contribution in [-0.2, 0) is 9.59 Å². The van der Waals surface area contributed by atoms with E-state index in [1.165, 1.54) is 0 Å². The molecule has 0 rings (SSSR count). The van der Waals surface area contributed by atoms with Gasteiger partial charge in [0.25, 0.3) is 0 Å². The minimum Gasteiger partial charge on any atom is -0.481 e. The third-order valence-corrected chi connectivity index (χ3v) is 1.91. The zero-order valence-electron chi connectivity index (χ0n) is 8.22. The highest BCUT2D eigenvalue weighted by atomic mass is 16.4. The molecule has 0 spiro atoms. The highest BCUT2D eigenvalue weighted by molar-refractivity contribution is 5.68. The summed E-state index contributed by atoms with van der Waals surface area (Å²) in [6.45, 7) is 0. The maximum absolute atomic E-state index is 10.2. The number of carboxylic acids is 2. The van der Waals surface area contributed by atoms with Crippen molar-refractivity contribution in [2.45, 2.75) is 37.3 Å². The van der Waals surface area contributed by atoms with Gasteiger partial charge in [0.15, 0.2) is 0 Å². The molecular formula is C8H14O8. The van der Waals surface area contributed by atoms with E-state index in [4.69, 9.17) is 20.4 Å². The molecule has 0 heterocycles. The summed E-state index contributed by atoms with van der Waals surface area (Å²) in [4.78, 5) is 20.4. The molecule has 4 atom stereocenters. The van der Waals surface area contributed by atoms with Gasteiger partial charge < -0.3 is 30.6 Å². The molecule has 0 aliphatic carbocycles. The van der Waals surface area contributed by atoms with Crippen LogP contribution < -0.4 is 0 Å². The quantitative estimate of drug-likeness (QED) is 0.281. The fourth-order valence-electron chi connectivity index (χ4n) is 1.05. The van der Waals surface area contributed by atoms with Crippen molar-refractivity contribution in [1.29, 1.82) is 0 Å². The van der Waals surface area contributed by atoms with E-state index in [0.29, 0.717) is 0 Å². The first kappa shape index (κ1) is 14.8. The summed E-state index contributed by atoms with van der Waals surface area (Å²) in [5, 5.41) is 53.2. The van der Waals surface area contributed by atoms with Gasteiger partial charge in [-0.1, -0.05) is 0 Å². The van der Waals surface area contributed by atoms with Crippen molar-refractivity contribution in [1.82, 2.24) is 0 Å². The molecule has 0 saturated heterocycles. The molecule has 0 fully saturated rings. The van der Waals surface area contributed by atoms with Gasteiger partial charge >= 0.3 is 11.9 Å². The minimum absolute atomic E-state index is 0.821. The van der Waals surface area contributed by atoms with Gasteiger partial charge in [-0.3, -0.25) is 9.59 Å². The van der Waals surface area contributed by atoms with Crippen LogP contribution in [0.15, 0.2) is 0 Å². The van der Waals surface area contributed by atoms with Crippen LogP contribution in [0.2, 0.25) is 0 Å². The van der Waals surface area contributed by atoms with E-state index in [0.717, 1.165) is 0 Å². The third-order valence-electron chi connectivity index (χ3n) is 1.91. The second kappa shape index (κ2) is 6.38. The van der Waals surface area contributed by atoms with E-state index >= 15 is 0 Å². The van der Waals surface area contributed by atoms with Crippen molar-refractivity contribution in [2.24, 2.45) is 0 Å². The maximum Gasteiger partial charge on any atom is 0.306 e. The summed E-state index contributed by atoms with van der Waals surface area (Å²) in [7, 11) is 0. The molecule has 94 valence electrons. The van der Waals surface area contributed by atoms with Crippen LogP contribution in [0.3, 0.4) is 0 Å². The van der Waals surface area contributed by atoms with E-state index in [-0.39, 0.29) is 0 Å². The minimum atomic E-state index is -1.93. The highest BCUT2D eigenvalue weighted by Gasteiger charge is 2.32. The van der Waals surface area contributed by atoms with Crippen molar-refractivity contribution in [2.75, 3.05) is 0 Å². The van der Waals surface area contributed by atoms with Gasteiger partial charge in [-0.25, -0.2) is 0 Å². The van der Waals surface area contributed by atoms with Gasteiger partial charge in [0.1, 0.15) is 12.2 Å². The lowest BCUT2D eigenvalue weighted by Crippen LogP contribution is -2.45. The fraction of sp³-hybridized carbons (Fsp3) is 0.750. The molecule has 0 aliphatic rings. The molecule has 16 heavy (non-hydrogen) atoms. The van der Waals surface area contributed by atoms with Gasteiger partial charge in [0.05, 0.1) is 25.0 Å². The molecule has 6 N–H and O–H groups in total. The van der Waals surface area contributed by atoms with Crippen molar-refractivity contribution in [3.8, 4) is 0 Å².